The van der Waals surface area contributed by atoms with Crippen molar-refractivity contribution in [1.82, 2.24) is 14.9 Å². The van der Waals surface area contributed by atoms with E-state index < -0.39 is 5.97 Å². The van der Waals surface area contributed by atoms with Gasteiger partial charge in [0.15, 0.2) is 0 Å². The van der Waals surface area contributed by atoms with Crippen molar-refractivity contribution in [2.45, 2.75) is 18.6 Å². The van der Waals surface area contributed by atoms with Gasteiger partial charge in [0.25, 0.3) is 0 Å². The van der Waals surface area contributed by atoms with Crippen LogP contribution in [0.5, 0.6) is 0 Å². The molecule has 2 heterocycles. The maximum atomic E-state index is 11.6. The van der Waals surface area contributed by atoms with Gasteiger partial charge >= 0.3 is 5.97 Å². The summed E-state index contributed by atoms with van der Waals surface area (Å²) in [6, 6.07) is 20.5. The largest absolute Gasteiger partial charge is 0.477 e. The number of anilines is 1. The van der Waals surface area contributed by atoms with Crippen LogP contribution in [0.15, 0.2) is 66.9 Å². The molecule has 2 aromatic carbocycles. The van der Waals surface area contributed by atoms with Crippen LogP contribution in [-0.4, -0.2) is 51.2 Å². The Balaban J connectivity index is 1.59. The molecule has 3 aromatic rings. The van der Waals surface area contributed by atoms with Gasteiger partial charge < -0.3 is 15.2 Å². The molecule has 0 amide bonds. The molecule has 0 atom stereocenters. The Morgan fingerprint density at radius 1 is 1.06 bits per heavy atom. The van der Waals surface area contributed by atoms with Crippen molar-refractivity contribution in [2.24, 2.45) is 0 Å². The van der Waals surface area contributed by atoms with Crippen LogP contribution in [0.2, 0.25) is 5.28 Å². The lowest BCUT2D eigenvalue weighted by molar-refractivity contribution is -0.140. The zero-order valence-corrected chi connectivity index (χ0v) is 17.6. The molecule has 8 heteroatoms. The van der Waals surface area contributed by atoms with Crippen molar-refractivity contribution in [3.8, 4) is 0 Å². The van der Waals surface area contributed by atoms with Crippen molar-refractivity contribution < 1.29 is 14.6 Å². The number of carboxylic acid groups (broad SMARTS) is 1. The molecule has 0 bridgehead atoms. The highest BCUT2D eigenvalue weighted by molar-refractivity contribution is 6.28. The molecule has 160 valence electrons. The summed E-state index contributed by atoms with van der Waals surface area (Å²) in [5.41, 5.74) is 2.05. The van der Waals surface area contributed by atoms with E-state index in [-0.39, 0.29) is 22.2 Å². The van der Waals surface area contributed by atoms with E-state index in [0.717, 1.165) is 13.1 Å². The van der Waals surface area contributed by atoms with E-state index >= 15 is 0 Å². The topological polar surface area (TPSA) is 87.6 Å². The average molecular weight is 439 g/mol. The molecule has 0 radical (unpaired) electrons. The van der Waals surface area contributed by atoms with E-state index in [4.69, 9.17) is 16.3 Å². The van der Waals surface area contributed by atoms with Crippen molar-refractivity contribution in [2.75, 3.05) is 25.1 Å². The highest BCUT2D eigenvalue weighted by atomic mass is 35.5. The van der Waals surface area contributed by atoms with Gasteiger partial charge in [-0.25, -0.2) is 9.78 Å². The Hall–Kier alpha value is -3.00. The lowest BCUT2D eigenvalue weighted by Gasteiger charge is -2.50. The number of rotatable bonds is 9. The second-order valence-electron chi connectivity index (χ2n) is 7.60. The van der Waals surface area contributed by atoms with Gasteiger partial charge in [-0.15, -0.1) is 0 Å². The number of ether oxygens (including phenoxy) is 1. The number of halogens is 1. The lowest BCUT2D eigenvalue weighted by atomic mass is 9.92. The molecule has 1 saturated heterocycles. The van der Waals surface area contributed by atoms with Gasteiger partial charge in [0.2, 0.25) is 5.28 Å². The fourth-order valence-corrected chi connectivity index (χ4v) is 3.77. The van der Waals surface area contributed by atoms with Crippen LogP contribution in [-0.2, 0) is 17.8 Å². The van der Waals surface area contributed by atoms with Gasteiger partial charge in [0, 0.05) is 25.8 Å². The van der Waals surface area contributed by atoms with Gasteiger partial charge in [-0.3, -0.25) is 4.90 Å². The molecule has 0 spiro atoms. The molecular weight excluding hydrogens is 416 g/mol. The smallest absolute Gasteiger partial charge is 0.341 e. The number of nitrogens with zero attached hydrogens (tertiary/aromatic N) is 3. The molecule has 0 unspecified atom stereocenters. The van der Waals surface area contributed by atoms with Gasteiger partial charge in [-0.2, -0.15) is 4.98 Å². The zero-order chi connectivity index (χ0) is 21.7. The van der Waals surface area contributed by atoms with E-state index in [0.29, 0.717) is 19.8 Å². The Bertz CT molecular complexity index is 988. The molecule has 1 fully saturated rings. The predicted molar refractivity (Wildman–Crippen MR) is 118 cm³/mol. The highest BCUT2D eigenvalue weighted by Crippen LogP contribution is 2.30. The first-order valence-electron chi connectivity index (χ1n) is 9.96. The second kappa shape index (κ2) is 9.43. The Morgan fingerprint density at radius 2 is 1.65 bits per heavy atom. The quantitative estimate of drug-likeness (QED) is 0.492. The first-order valence-corrected chi connectivity index (χ1v) is 10.3. The van der Waals surface area contributed by atoms with Gasteiger partial charge in [0.05, 0.1) is 18.8 Å². The normalized spacial score (nSPS) is 14.8. The van der Waals surface area contributed by atoms with E-state index in [9.17, 15) is 9.90 Å². The number of hydrogen-bond donors (Lipinski definition) is 2. The summed E-state index contributed by atoms with van der Waals surface area (Å²) < 4.78 is 5.63. The third-order valence-corrected chi connectivity index (χ3v) is 5.60. The number of carbonyl (C=O) groups is 1. The van der Waals surface area contributed by atoms with Crippen molar-refractivity contribution in [3.63, 3.8) is 0 Å². The van der Waals surface area contributed by atoms with Crippen LogP contribution < -0.4 is 5.32 Å². The average Bonchev–Trinajstić information content (AvgIpc) is 2.74. The minimum atomic E-state index is -1.11. The molecule has 31 heavy (non-hydrogen) atoms. The highest BCUT2D eigenvalue weighted by Gasteiger charge is 2.44. The molecule has 2 N–H and O–H groups in total. The van der Waals surface area contributed by atoms with Gasteiger partial charge in [-0.1, -0.05) is 60.7 Å². The Morgan fingerprint density at radius 3 is 2.13 bits per heavy atom. The summed E-state index contributed by atoms with van der Waals surface area (Å²) in [4.78, 5) is 21.8. The van der Waals surface area contributed by atoms with Crippen LogP contribution in [0.4, 0.5) is 5.82 Å². The Labute approximate surface area is 185 Å². The first-order chi connectivity index (χ1) is 15.1. The monoisotopic (exact) mass is 438 g/mol. The van der Waals surface area contributed by atoms with Crippen LogP contribution in [0, 0.1) is 0 Å². The first kappa shape index (κ1) is 21.2. The number of benzene rings is 2. The zero-order valence-electron chi connectivity index (χ0n) is 16.9. The fraction of sp³-hybridized carbons (Fsp3) is 0.261. The molecule has 0 saturated carbocycles. The number of hydrogen-bond acceptors (Lipinski definition) is 6. The van der Waals surface area contributed by atoms with E-state index in [1.165, 1.54) is 17.3 Å². The number of aromatic nitrogens is 2. The maximum Gasteiger partial charge on any atom is 0.341 e. The summed E-state index contributed by atoms with van der Waals surface area (Å²) in [6.45, 7) is 2.98. The standard InChI is InChI=1S/C23H23ClN4O3/c24-22-25-11-19(21(29)30)20(27-22)26-14-23(15-31-16-23)28(12-17-7-3-1-4-8-17)13-18-9-5-2-6-10-18/h1-11H,12-16H2,(H,29,30)(H,25,26,27). The second-order valence-corrected chi connectivity index (χ2v) is 7.94. The summed E-state index contributed by atoms with van der Waals surface area (Å²) >= 11 is 5.91. The van der Waals surface area contributed by atoms with Crippen LogP contribution in [0.3, 0.4) is 0 Å². The van der Waals surface area contributed by atoms with Crippen LogP contribution in [0.1, 0.15) is 21.5 Å². The molecule has 7 nitrogen and oxygen atoms in total. The minimum Gasteiger partial charge on any atom is -0.477 e. The lowest BCUT2D eigenvalue weighted by Crippen LogP contribution is -2.65. The SMILES string of the molecule is O=C(O)c1cnc(Cl)nc1NCC1(N(Cc2ccccc2)Cc2ccccc2)COC1. The van der Waals surface area contributed by atoms with Gasteiger partial charge in [0.1, 0.15) is 11.4 Å². The maximum absolute atomic E-state index is 11.6. The van der Waals surface area contributed by atoms with E-state index in [1.807, 2.05) is 36.4 Å². The summed E-state index contributed by atoms with van der Waals surface area (Å²) in [6.07, 6.45) is 1.22. The molecular formula is C23H23ClN4O3. The molecule has 1 aromatic heterocycles. The third kappa shape index (κ3) is 5.02. The number of aromatic carboxylic acids is 1. The van der Waals surface area contributed by atoms with E-state index in [2.05, 4.69) is 44.5 Å². The Kier molecular flexibility index (Phi) is 6.46. The summed E-state index contributed by atoms with van der Waals surface area (Å²) in [5.74, 6) is -0.901. The summed E-state index contributed by atoms with van der Waals surface area (Å²) in [7, 11) is 0. The molecule has 0 aliphatic carbocycles. The molecule has 1 aliphatic rings. The molecule has 4 rings (SSSR count). The van der Waals surface area contributed by atoms with Crippen molar-refractivity contribution in [3.05, 3.63) is 88.8 Å². The minimum absolute atomic E-state index is 0.00293. The van der Waals surface area contributed by atoms with Crippen molar-refractivity contribution in [1.29, 1.82) is 0 Å². The van der Waals surface area contributed by atoms with E-state index in [1.54, 1.807) is 0 Å². The van der Waals surface area contributed by atoms with Crippen molar-refractivity contribution >= 4 is 23.4 Å². The van der Waals surface area contributed by atoms with Crippen LogP contribution in [0.25, 0.3) is 0 Å². The summed E-state index contributed by atoms with van der Waals surface area (Å²) in [5, 5.41) is 12.6. The predicted octanol–water partition coefficient (Wildman–Crippen LogP) is 3.71. The van der Waals surface area contributed by atoms with Gasteiger partial charge in [-0.05, 0) is 22.7 Å². The van der Waals surface area contributed by atoms with Crippen LogP contribution >= 0.6 is 11.6 Å². The number of nitrogens with one attached hydrogen (secondary N) is 1. The molecule has 1 aliphatic heterocycles. The third-order valence-electron chi connectivity index (χ3n) is 5.42. The fourth-order valence-electron chi connectivity index (χ4n) is 3.63. The number of carboxylic acids is 1.